The number of aryl methyl sites for hydroxylation is 1. The van der Waals surface area contributed by atoms with Crippen LogP contribution in [0.25, 0.3) is 11.3 Å². The number of carbonyl (C=O) groups is 1. The number of hydrogen-bond acceptors (Lipinski definition) is 7. The molecule has 3 aromatic heterocycles. The molecule has 1 aliphatic heterocycles. The van der Waals surface area contributed by atoms with Gasteiger partial charge < -0.3 is 9.42 Å². The van der Waals surface area contributed by atoms with Crippen LogP contribution < -0.4 is 0 Å². The van der Waals surface area contributed by atoms with Crippen LogP contribution in [0.2, 0.25) is 5.02 Å². The van der Waals surface area contributed by atoms with E-state index >= 15 is 0 Å². The molecule has 0 radical (unpaired) electrons. The summed E-state index contributed by atoms with van der Waals surface area (Å²) in [4.78, 5) is 18.9. The van der Waals surface area contributed by atoms with Crippen LogP contribution in [0.15, 0.2) is 40.1 Å². The average molecular weight is 450 g/mol. The molecular formula is C19H20ClN5O4S. The summed E-state index contributed by atoms with van der Waals surface area (Å²) in [5, 5.41) is 8.26. The first-order chi connectivity index (χ1) is 14.2. The van der Waals surface area contributed by atoms with Gasteiger partial charge in [0.1, 0.15) is 0 Å². The molecule has 9 nitrogen and oxygen atoms in total. The summed E-state index contributed by atoms with van der Waals surface area (Å²) in [6.45, 7) is 0.929. The molecule has 4 heterocycles. The van der Waals surface area contributed by atoms with E-state index in [2.05, 4.69) is 15.2 Å². The second-order valence-corrected chi connectivity index (χ2v) is 9.78. The molecule has 0 aromatic carbocycles. The zero-order chi connectivity index (χ0) is 21.5. The maximum Gasteiger partial charge on any atom is 0.276 e. The number of carbonyl (C=O) groups excluding carboxylic acids is 1. The van der Waals surface area contributed by atoms with Crippen LogP contribution in [-0.2, 0) is 16.9 Å². The molecule has 0 spiro atoms. The maximum absolute atomic E-state index is 12.8. The third-order valence-corrected chi connectivity index (χ3v) is 6.47. The third-order valence-electron chi connectivity index (χ3n) is 5.14. The highest BCUT2D eigenvalue weighted by atomic mass is 35.5. The summed E-state index contributed by atoms with van der Waals surface area (Å²) in [5.41, 5.74) is 1.48. The lowest BCUT2D eigenvalue weighted by atomic mass is 9.93. The Morgan fingerprint density at radius 2 is 1.97 bits per heavy atom. The first kappa shape index (κ1) is 20.5. The molecule has 1 saturated heterocycles. The number of amides is 1. The lowest BCUT2D eigenvalue weighted by Gasteiger charge is -2.31. The predicted molar refractivity (Wildman–Crippen MR) is 109 cm³/mol. The van der Waals surface area contributed by atoms with Gasteiger partial charge in [0, 0.05) is 50.8 Å². The standard InChI is InChI=1S/C19H20ClN5O4S/c1-24-11-13(9-22-24)16-8-15(23-29-16)19(26)25-5-3-12(4-6-25)18-17(30(2,27)28)7-14(20)10-21-18/h7-12H,3-6H2,1-2H3. The number of rotatable bonds is 4. The molecule has 4 rings (SSSR count). The zero-order valence-electron chi connectivity index (χ0n) is 16.4. The molecule has 0 bridgehead atoms. The zero-order valence-corrected chi connectivity index (χ0v) is 18.0. The van der Waals surface area contributed by atoms with Crippen LogP contribution in [0.1, 0.15) is 34.9 Å². The van der Waals surface area contributed by atoms with E-state index in [-0.39, 0.29) is 27.4 Å². The van der Waals surface area contributed by atoms with Crippen molar-refractivity contribution in [1.82, 2.24) is 24.8 Å². The Kier molecular flexibility index (Phi) is 5.37. The van der Waals surface area contributed by atoms with Gasteiger partial charge in [0.2, 0.25) is 0 Å². The number of sulfone groups is 1. The molecule has 0 saturated carbocycles. The van der Waals surface area contributed by atoms with Crippen molar-refractivity contribution in [1.29, 1.82) is 0 Å². The Morgan fingerprint density at radius 1 is 1.23 bits per heavy atom. The molecule has 1 fully saturated rings. The Balaban J connectivity index is 1.47. The van der Waals surface area contributed by atoms with Gasteiger partial charge in [-0.15, -0.1) is 0 Å². The molecule has 11 heteroatoms. The molecule has 1 aliphatic rings. The topological polar surface area (TPSA) is 111 Å². The van der Waals surface area contributed by atoms with Gasteiger partial charge in [0.25, 0.3) is 5.91 Å². The van der Waals surface area contributed by atoms with Crippen LogP contribution in [-0.4, -0.2) is 58.5 Å². The molecular weight excluding hydrogens is 430 g/mol. The molecule has 0 N–H and O–H groups in total. The quantitative estimate of drug-likeness (QED) is 0.601. The highest BCUT2D eigenvalue weighted by Crippen LogP contribution is 2.33. The van der Waals surface area contributed by atoms with Crippen molar-refractivity contribution in [3.63, 3.8) is 0 Å². The molecule has 0 unspecified atom stereocenters. The van der Waals surface area contributed by atoms with Crippen molar-refractivity contribution in [2.75, 3.05) is 19.3 Å². The monoisotopic (exact) mass is 449 g/mol. The highest BCUT2D eigenvalue weighted by Gasteiger charge is 2.30. The lowest BCUT2D eigenvalue weighted by Crippen LogP contribution is -2.38. The largest absolute Gasteiger partial charge is 0.355 e. The summed E-state index contributed by atoms with van der Waals surface area (Å²) in [5.74, 6) is 0.184. The minimum absolute atomic E-state index is 0.0701. The SMILES string of the molecule is Cn1cc(-c2cc(C(=O)N3CCC(c4ncc(Cl)cc4S(C)(=O)=O)CC3)no2)cn1. The van der Waals surface area contributed by atoms with Crippen LogP contribution >= 0.6 is 11.6 Å². The number of halogens is 1. The fraction of sp³-hybridized carbons (Fsp3) is 0.368. The summed E-state index contributed by atoms with van der Waals surface area (Å²) in [6.07, 6.45) is 7.20. The molecule has 158 valence electrons. The maximum atomic E-state index is 12.8. The van der Waals surface area contributed by atoms with E-state index in [0.29, 0.717) is 37.4 Å². The average Bonchev–Trinajstić information content (AvgIpc) is 3.36. The van der Waals surface area contributed by atoms with Gasteiger partial charge in [-0.05, 0) is 18.9 Å². The minimum Gasteiger partial charge on any atom is -0.355 e. The van der Waals surface area contributed by atoms with Crippen molar-refractivity contribution in [3.8, 4) is 11.3 Å². The van der Waals surface area contributed by atoms with E-state index < -0.39 is 9.84 Å². The Hall–Kier alpha value is -2.72. The number of nitrogens with zero attached hydrogens (tertiary/aromatic N) is 5. The number of aromatic nitrogens is 4. The summed E-state index contributed by atoms with van der Waals surface area (Å²) in [7, 11) is -1.66. The predicted octanol–water partition coefficient (Wildman–Crippen LogP) is 2.55. The molecule has 30 heavy (non-hydrogen) atoms. The Bertz CT molecular complexity index is 1200. The van der Waals surface area contributed by atoms with Gasteiger partial charge in [-0.2, -0.15) is 5.10 Å². The molecule has 3 aromatic rings. The molecule has 0 atom stereocenters. The van der Waals surface area contributed by atoms with Gasteiger partial charge >= 0.3 is 0 Å². The fourth-order valence-corrected chi connectivity index (χ4v) is 4.78. The first-order valence-electron chi connectivity index (χ1n) is 9.33. The fourth-order valence-electron chi connectivity index (χ4n) is 3.61. The lowest BCUT2D eigenvalue weighted by molar-refractivity contribution is 0.0701. The smallest absolute Gasteiger partial charge is 0.276 e. The van der Waals surface area contributed by atoms with Gasteiger partial charge in [-0.25, -0.2) is 8.42 Å². The van der Waals surface area contributed by atoms with Crippen LogP contribution in [0, 0.1) is 0 Å². The van der Waals surface area contributed by atoms with E-state index in [0.717, 1.165) is 11.8 Å². The third kappa shape index (κ3) is 4.10. The number of pyridine rings is 1. The van der Waals surface area contributed by atoms with E-state index in [1.165, 1.54) is 12.3 Å². The molecule has 0 aliphatic carbocycles. The van der Waals surface area contributed by atoms with Crippen molar-refractivity contribution < 1.29 is 17.7 Å². The van der Waals surface area contributed by atoms with Crippen LogP contribution in [0.3, 0.4) is 0 Å². The minimum atomic E-state index is -3.46. The van der Waals surface area contributed by atoms with E-state index in [1.54, 1.807) is 35.1 Å². The van der Waals surface area contributed by atoms with Crippen molar-refractivity contribution >= 4 is 27.3 Å². The number of piperidine rings is 1. The van der Waals surface area contributed by atoms with Crippen molar-refractivity contribution in [2.24, 2.45) is 7.05 Å². The van der Waals surface area contributed by atoms with Gasteiger partial charge in [-0.3, -0.25) is 14.5 Å². The van der Waals surface area contributed by atoms with Crippen LogP contribution in [0.5, 0.6) is 0 Å². The normalized spacial score (nSPS) is 15.5. The van der Waals surface area contributed by atoms with Crippen LogP contribution in [0.4, 0.5) is 0 Å². The van der Waals surface area contributed by atoms with Crippen molar-refractivity contribution in [2.45, 2.75) is 23.7 Å². The second kappa shape index (κ2) is 7.84. The first-order valence-corrected chi connectivity index (χ1v) is 11.6. The van der Waals surface area contributed by atoms with Gasteiger partial charge in [0.15, 0.2) is 21.3 Å². The Morgan fingerprint density at radius 3 is 2.60 bits per heavy atom. The van der Waals surface area contributed by atoms with E-state index in [4.69, 9.17) is 16.1 Å². The summed E-state index contributed by atoms with van der Waals surface area (Å²) < 4.78 is 31.2. The van der Waals surface area contributed by atoms with E-state index in [1.807, 2.05) is 0 Å². The molecule has 1 amide bonds. The van der Waals surface area contributed by atoms with E-state index in [9.17, 15) is 13.2 Å². The highest BCUT2D eigenvalue weighted by molar-refractivity contribution is 7.90. The number of likely N-dealkylation sites (tertiary alicyclic amines) is 1. The van der Waals surface area contributed by atoms with Crippen molar-refractivity contribution in [3.05, 3.63) is 47.1 Å². The Labute approximate surface area is 178 Å². The van der Waals surface area contributed by atoms with Gasteiger partial charge in [-0.1, -0.05) is 16.8 Å². The second-order valence-electron chi connectivity index (χ2n) is 7.35. The summed E-state index contributed by atoms with van der Waals surface area (Å²) in [6, 6.07) is 3.04. The summed E-state index contributed by atoms with van der Waals surface area (Å²) >= 11 is 5.94. The number of hydrogen-bond donors (Lipinski definition) is 0. The van der Waals surface area contributed by atoms with Gasteiger partial charge in [0.05, 0.1) is 27.4 Å².